The maximum Gasteiger partial charge on any atom is 0.276 e. The molecular weight excluding hydrogens is 356 g/mol. The van der Waals surface area contributed by atoms with Crippen LogP contribution >= 0.6 is 0 Å². The zero-order valence-corrected chi connectivity index (χ0v) is 16.1. The molecule has 0 radical (unpaired) electrons. The quantitative estimate of drug-likeness (QED) is 0.803. The summed E-state index contributed by atoms with van der Waals surface area (Å²) in [7, 11) is 0. The second-order valence-electron chi connectivity index (χ2n) is 7.97. The van der Waals surface area contributed by atoms with Crippen molar-refractivity contribution in [3.05, 3.63) is 29.7 Å². The standard InChI is InChI=1S/C20H26N6O2/c27-20(16-14-17(28-23-16)15-4-5-15)26-12-10-25(11-13-26)19-7-6-18(21-22-19)24-8-2-1-3-9-24/h6-7,14-15H,1-5,8-13H2. The third-order valence-electron chi connectivity index (χ3n) is 5.93. The Morgan fingerprint density at radius 3 is 2.14 bits per heavy atom. The molecule has 0 N–H and O–H groups in total. The van der Waals surface area contributed by atoms with Gasteiger partial charge in [0.25, 0.3) is 5.91 Å². The lowest BCUT2D eigenvalue weighted by molar-refractivity contribution is 0.0736. The predicted molar refractivity (Wildman–Crippen MR) is 105 cm³/mol. The molecular formula is C20H26N6O2. The highest BCUT2D eigenvalue weighted by Gasteiger charge is 2.31. The van der Waals surface area contributed by atoms with Crippen molar-refractivity contribution in [3.8, 4) is 0 Å². The average Bonchev–Trinajstić information content (AvgIpc) is 3.51. The van der Waals surface area contributed by atoms with Crippen molar-refractivity contribution in [1.82, 2.24) is 20.3 Å². The number of hydrogen-bond acceptors (Lipinski definition) is 7. The number of carbonyl (C=O) groups excluding carboxylic acids is 1. The molecule has 5 rings (SSSR count). The van der Waals surface area contributed by atoms with E-state index in [1.54, 1.807) is 0 Å². The van der Waals surface area contributed by atoms with Gasteiger partial charge in [-0.25, -0.2) is 0 Å². The van der Waals surface area contributed by atoms with Gasteiger partial charge in [0, 0.05) is 51.3 Å². The molecule has 3 aliphatic rings. The minimum atomic E-state index is -0.0400. The summed E-state index contributed by atoms with van der Waals surface area (Å²) in [4.78, 5) is 19.0. The highest BCUT2D eigenvalue weighted by atomic mass is 16.5. The lowest BCUT2D eigenvalue weighted by Crippen LogP contribution is -2.49. The summed E-state index contributed by atoms with van der Waals surface area (Å²) in [6.45, 7) is 4.94. The second kappa shape index (κ2) is 7.41. The van der Waals surface area contributed by atoms with Gasteiger partial charge in [-0.15, -0.1) is 10.2 Å². The SMILES string of the molecule is O=C(c1cc(C2CC2)on1)N1CCN(c2ccc(N3CCCCC3)nn2)CC1. The molecule has 0 spiro atoms. The highest BCUT2D eigenvalue weighted by molar-refractivity contribution is 5.92. The van der Waals surface area contributed by atoms with Gasteiger partial charge in [0.15, 0.2) is 17.3 Å². The first kappa shape index (κ1) is 17.5. The van der Waals surface area contributed by atoms with Gasteiger partial charge in [-0.3, -0.25) is 4.79 Å². The number of nitrogens with zero attached hydrogens (tertiary/aromatic N) is 6. The van der Waals surface area contributed by atoms with E-state index in [9.17, 15) is 4.79 Å². The van der Waals surface area contributed by atoms with Crippen molar-refractivity contribution in [2.24, 2.45) is 0 Å². The van der Waals surface area contributed by atoms with Crippen molar-refractivity contribution in [3.63, 3.8) is 0 Å². The van der Waals surface area contributed by atoms with Crippen molar-refractivity contribution in [1.29, 1.82) is 0 Å². The van der Waals surface area contributed by atoms with Gasteiger partial charge in [0.05, 0.1) is 0 Å². The zero-order chi connectivity index (χ0) is 18.9. The summed E-state index contributed by atoms with van der Waals surface area (Å²) >= 11 is 0. The molecule has 2 aromatic rings. The third kappa shape index (κ3) is 3.55. The van der Waals surface area contributed by atoms with Gasteiger partial charge in [-0.1, -0.05) is 5.16 Å². The Kier molecular flexibility index (Phi) is 4.62. The van der Waals surface area contributed by atoms with Gasteiger partial charge in [0.2, 0.25) is 0 Å². The van der Waals surface area contributed by atoms with Crippen LogP contribution in [-0.2, 0) is 0 Å². The summed E-state index contributed by atoms with van der Waals surface area (Å²) in [6.07, 6.45) is 6.04. The maximum absolute atomic E-state index is 12.7. The Hall–Kier alpha value is -2.64. The summed E-state index contributed by atoms with van der Waals surface area (Å²) in [6, 6.07) is 5.94. The Morgan fingerprint density at radius 2 is 1.54 bits per heavy atom. The van der Waals surface area contributed by atoms with E-state index in [0.717, 1.165) is 56.4 Å². The molecule has 8 heteroatoms. The minimum Gasteiger partial charge on any atom is -0.360 e. The van der Waals surface area contributed by atoms with Crippen LogP contribution in [0.15, 0.2) is 22.7 Å². The van der Waals surface area contributed by atoms with E-state index in [4.69, 9.17) is 4.52 Å². The number of carbonyl (C=O) groups is 1. The van der Waals surface area contributed by atoms with Gasteiger partial charge in [-0.2, -0.15) is 0 Å². The number of anilines is 2. The summed E-state index contributed by atoms with van der Waals surface area (Å²) in [5.41, 5.74) is 0.432. The van der Waals surface area contributed by atoms with Crippen LogP contribution < -0.4 is 9.80 Å². The number of piperidine rings is 1. The van der Waals surface area contributed by atoms with Crippen LogP contribution in [0.2, 0.25) is 0 Å². The Morgan fingerprint density at radius 1 is 0.893 bits per heavy atom. The molecule has 8 nitrogen and oxygen atoms in total. The van der Waals surface area contributed by atoms with Crippen molar-refractivity contribution < 1.29 is 9.32 Å². The predicted octanol–water partition coefficient (Wildman–Crippen LogP) is 2.29. The van der Waals surface area contributed by atoms with Crippen LogP contribution in [0.1, 0.15) is 54.3 Å². The van der Waals surface area contributed by atoms with Crippen LogP contribution in [0.3, 0.4) is 0 Å². The summed E-state index contributed by atoms with van der Waals surface area (Å²) in [5.74, 6) is 3.13. The molecule has 0 unspecified atom stereocenters. The van der Waals surface area contributed by atoms with Crippen molar-refractivity contribution >= 4 is 17.5 Å². The lowest BCUT2D eigenvalue weighted by atomic mass is 10.1. The van der Waals surface area contributed by atoms with Gasteiger partial charge < -0.3 is 19.2 Å². The second-order valence-corrected chi connectivity index (χ2v) is 7.97. The average molecular weight is 382 g/mol. The number of amides is 1. The topological polar surface area (TPSA) is 78.6 Å². The first-order valence-corrected chi connectivity index (χ1v) is 10.4. The van der Waals surface area contributed by atoms with Gasteiger partial charge >= 0.3 is 0 Å². The summed E-state index contributed by atoms with van der Waals surface area (Å²) < 4.78 is 5.32. The molecule has 148 valence electrons. The van der Waals surface area contributed by atoms with Crippen LogP contribution in [-0.4, -0.2) is 65.4 Å². The first-order valence-electron chi connectivity index (χ1n) is 10.4. The monoisotopic (exact) mass is 382 g/mol. The fraction of sp³-hybridized carbons (Fsp3) is 0.600. The van der Waals surface area contributed by atoms with Crippen molar-refractivity contribution in [2.75, 3.05) is 49.1 Å². The van der Waals surface area contributed by atoms with Crippen molar-refractivity contribution in [2.45, 2.75) is 38.0 Å². The third-order valence-corrected chi connectivity index (χ3v) is 5.93. The van der Waals surface area contributed by atoms with E-state index in [2.05, 4.69) is 31.2 Å². The Balaban J connectivity index is 1.17. The molecule has 0 atom stereocenters. The van der Waals surface area contributed by atoms with Crippen LogP contribution in [0.4, 0.5) is 11.6 Å². The van der Waals surface area contributed by atoms with E-state index in [-0.39, 0.29) is 5.91 Å². The van der Waals surface area contributed by atoms with E-state index in [1.165, 1.54) is 19.3 Å². The van der Waals surface area contributed by atoms with Crippen LogP contribution in [0.5, 0.6) is 0 Å². The Labute approximate surface area is 164 Å². The number of aromatic nitrogens is 3. The van der Waals surface area contributed by atoms with E-state index in [1.807, 2.05) is 17.0 Å². The molecule has 1 aliphatic carbocycles. The molecule has 28 heavy (non-hydrogen) atoms. The fourth-order valence-corrected chi connectivity index (χ4v) is 4.03. The van der Waals surface area contributed by atoms with Crippen LogP contribution in [0, 0.1) is 0 Å². The number of piperazine rings is 1. The van der Waals surface area contributed by atoms with Gasteiger partial charge in [-0.05, 0) is 44.2 Å². The fourth-order valence-electron chi connectivity index (χ4n) is 4.03. The molecule has 3 fully saturated rings. The van der Waals surface area contributed by atoms with Gasteiger partial charge in [0.1, 0.15) is 5.76 Å². The molecule has 1 amide bonds. The molecule has 0 bridgehead atoms. The lowest BCUT2D eigenvalue weighted by Gasteiger charge is -2.35. The molecule has 2 aliphatic heterocycles. The smallest absolute Gasteiger partial charge is 0.276 e. The Bertz CT molecular complexity index is 817. The highest BCUT2D eigenvalue weighted by Crippen LogP contribution is 2.40. The largest absolute Gasteiger partial charge is 0.360 e. The van der Waals surface area contributed by atoms with Crippen LogP contribution in [0.25, 0.3) is 0 Å². The molecule has 1 saturated carbocycles. The zero-order valence-electron chi connectivity index (χ0n) is 16.1. The van der Waals surface area contributed by atoms with E-state index >= 15 is 0 Å². The normalized spacial score (nSPS) is 20.5. The summed E-state index contributed by atoms with van der Waals surface area (Å²) in [5, 5.41) is 12.9. The van der Waals surface area contributed by atoms with E-state index in [0.29, 0.717) is 24.7 Å². The molecule has 0 aromatic carbocycles. The molecule has 2 saturated heterocycles. The number of hydrogen-bond donors (Lipinski definition) is 0. The first-order chi connectivity index (χ1) is 13.8. The maximum atomic E-state index is 12.7. The number of rotatable bonds is 4. The minimum absolute atomic E-state index is 0.0400. The van der Waals surface area contributed by atoms with E-state index < -0.39 is 0 Å². The molecule has 2 aromatic heterocycles. The molecule has 4 heterocycles.